The zero-order valence-corrected chi connectivity index (χ0v) is 30.0. The highest BCUT2D eigenvalue weighted by Crippen LogP contribution is 2.45. The van der Waals surface area contributed by atoms with E-state index >= 15 is 0 Å². The zero-order chi connectivity index (χ0) is 36.7. The molecule has 0 amide bonds. The summed E-state index contributed by atoms with van der Waals surface area (Å²) in [6, 6.07) is 61.7. The molecule has 0 N–H and O–H groups in total. The molecule has 4 nitrogen and oxygen atoms in total. The van der Waals surface area contributed by atoms with Crippen molar-refractivity contribution in [3.05, 3.63) is 182 Å². The van der Waals surface area contributed by atoms with Crippen molar-refractivity contribution in [1.82, 2.24) is 9.97 Å². The van der Waals surface area contributed by atoms with Crippen molar-refractivity contribution in [1.29, 1.82) is 0 Å². The van der Waals surface area contributed by atoms with Crippen LogP contribution in [-0.2, 0) is 0 Å². The van der Waals surface area contributed by atoms with Crippen LogP contribution in [0.25, 0.3) is 121 Å². The Morgan fingerprint density at radius 1 is 0.321 bits per heavy atom. The Hall–Kier alpha value is -7.56. The average Bonchev–Trinajstić information content (AvgIpc) is 3.84. The quantitative estimate of drug-likeness (QED) is 0.170. The van der Waals surface area contributed by atoms with Gasteiger partial charge in [-0.3, -0.25) is 4.98 Å². The van der Waals surface area contributed by atoms with Gasteiger partial charge in [0, 0.05) is 37.9 Å². The van der Waals surface area contributed by atoms with Gasteiger partial charge in [0.1, 0.15) is 22.3 Å². The summed E-state index contributed by atoms with van der Waals surface area (Å²) in [5.74, 6) is 0. The number of aromatic nitrogens is 2. The van der Waals surface area contributed by atoms with Crippen LogP contribution in [0.5, 0.6) is 0 Å². The first-order chi connectivity index (χ1) is 27.7. The molecular formula is C52H30N2O2. The van der Waals surface area contributed by atoms with Crippen LogP contribution in [0.1, 0.15) is 0 Å². The molecule has 0 fully saturated rings. The Morgan fingerprint density at radius 3 is 1.38 bits per heavy atom. The van der Waals surface area contributed by atoms with E-state index in [0.717, 1.165) is 110 Å². The van der Waals surface area contributed by atoms with Crippen molar-refractivity contribution >= 4 is 76.5 Å². The number of nitrogens with zero attached hydrogens (tertiary/aromatic N) is 2. The summed E-state index contributed by atoms with van der Waals surface area (Å²) >= 11 is 0. The largest absolute Gasteiger partial charge is 0.455 e. The van der Waals surface area contributed by atoms with Crippen LogP contribution in [-0.4, -0.2) is 9.97 Å². The van der Waals surface area contributed by atoms with E-state index in [1.807, 2.05) is 30.5 Å². The Bertz CT molecular complexity index is 3410. The molecule has 0 saturated carbocycles. The van der Waals surface area contributed by atoms with Crippen molar-refractivity contribution in [2.45, 2.75) is 0 Å². The van der Waals surface area contributed by atoms with E-state index in [-0.39, 0.29) is 0 Å². The maximum Gasteiger partial charge on any atom is 0.147 e. The van der Waals surface area contributed by atoms with E-state index < -0.39 is 0 Å². The van der Waals surface area contributed by atoms with Crippen molar-refractivity contribution in [3.8, 4) is 44.6 Å². The van der Waals surface area contributed by atoms with E-state index in [4.69, 9.17) is 18.8 Å². The van der Waals surface area contributed by atoms with Gasteiger partial charge in [-0.15, -0.1) is 0 Å². The molecule has 12 rings (SSSR count). The third-order valence-corrected chi connectivity index (χ3v) is 11.3. The van der Waals surface area contributed by atoms with Crippen LogP contribution in [0.3, 0.4) is 0 Å². The van der Waals surface area contributed by atoms with Crippen molar-refractivity contribution in [2.24, 2.45) is 0 Å². The molecule has 12 aromatic rings. The molecule has 3 aromatic heterocycles. The van der Waals surface area contributed by atoms with Crippen LogP contribution in [0.15, 0.2) is 191 Å². The molecule has 0 atom stereocenters. The zero-order valence-electron chi connectivity index (χ0n) is 30.0. The minimum Gasteiger partial charge on any atom is -0.455 e. The van der Waals surface area contributed by atoms with Gasteiger partial charge in [0.2, 0.25) is 0 Å². The van der Waals surface area contributed by atoms with E-state index in [2.05, 4.69) is 152 Å². The lowest BCUT2D eigenvalue weighted by Crippen LogP contribution is -1.92. The molecule has 0 aliphatic carbocycles. The van der Waals surface area contributed by atoms with Gasteiger partial charge in [-0.25, -0.2) is 4.98 Å². The predicted octanol–water partition coefficient (Wildman–Crippen LogP) is 14.4. The monoisotopic (exact) mass is 714 g/mol. The number of hydrogen-bond donors (Lipinski definition) is 0. The maximum atomic E-state index is 6.58. The normalized spacial score (nSPS) is 11.9. The van der Waals surface area contributed by atoms with Crippen molar-refractivity contribution in [3.63, 3.8) is 0 Å². The summed E-state index contributed by atoms with van der Waals surface area (Å²) in [5.41, 5.74) is 13.7. The molecule has 0 radical (unpaired) electrons. The second kappa shape index (κ2) is 12.0. The number of benzene rings is 9. The van der Waals surface area contributed by atoms with Gasteiger partial charge in [0.15, 0.2) is 0 Å². The van der Waals surface area contributed by atoms with Gasteiger partial charge in [-0.2, -0.15) is 0 Å². The van der Waals surface area contributed by atoms with Gasteiger partial charge >= 0.3 is 0 Å². The average molecular weight is 715 g/mol. The highest BCUT2D eigenvalue weighted by molar-refractivity contribution is 6.24. The van der Waals surface area contributed by atoms with Crippen LogP contribution in [0.2, 0.25) is 0 Å². The van der Waals surface area contributed by atoms with E-state index in [1.165, 1.54) is 10.8 Å². The van der Waals surface area contributed by atoms with Crippen LogP contribution < -0.4 is 0 Å². The highest BCUT2D eigenvalue weighted by Gasteiger charge is 2.21. The topological polar surface area (TPSA) is 52.1 Å². The Morgan fingerprint density at radius 2 is 0.786 bits per heavy atom. The molecule has 260 valence electrons. The van der Waals surface area contributed by atoms with Crippen LogP contribution in [0.4, 0.5) is 0 Å². The molecule has 0 spiro atoms. The van der Waals surface area contributed by atoms with Crippen molar-refractivity contribution in [2.75, 3.05) is 0 Å². The molecular weight excluding hydrogens is 685 g/mol. The second-order valence-corrected chi connectivity index (χ2v) is 14.5. The second-order valence-electron chi connectivity index (χ2n) is 14.5. The first-order valence-corrected chi connectivity index (χ1v) is 18.9. The Balaban J connectivity index is 0.930. The molecule has 0 saturated heterocycles. The van der Waals surface area contributed by atoms with Gasteiger partial charge in [-0.05, 0) is 68.9 Å². The standard InChI is InChI=1S/C52H30N2O2/c1-3-19-41-37(15-1)38-16-2-4-20-42(38)50-49(41)53-30-45(54-50)35-13-9-11-33(27-35)31-23-25-32(26-24-31)34-12-10-14-36(28-34)48-51-43(39-17-5-7-21-46(39)55-51)29-44-40-18-6-8-22-47(40)56-52(44)48/h1-30H. The Labute approximate surface area is 320 Å². The summed E-state index contributed by atoms with van der Waals surface area (Å²) in [7, 11) is 0. The number of rotatable bonds is 4. The van der Waals surface area contributed by atoms with Gasteiger partial charge < -0.3 is 8.83 Å². The molecule has 4 heteroatoms. The number of hydrogen-bond acceptors (Lipinski definition) is 4. The minimum absolute atomic E-state index is 0.836. The van der Waals surface area contributed by atoms with Crippen LogP contribution in [0, 0.1) is 0 Å². The first kappa shape index (κ1) is 30.9. The molecule has 0 aliphatic rings. The fraction of sp³-hybridized carbons (Fsp3) is 0. The molecule has 9 aromatic carbocycles. The highest BCUT2D eigenvalue weighted by atomic mass is 16.3. The minimum atomic E-state index is 0.836. The SMILES string of the molecule is c1cc(-c2ccc(-c3cccc(-c4c5oc6ccccc6c5cc5c4oc4ccccc45)c3)cc2)cc(-c2cnc3c4ccccc4c4ccccc4c3n2)c1. The Kier molecular flexibility index (Phi) is 6.60. The summed E-state index contributed by atoms with van der Waals surface area (Å²) < 4.78 is 13.2. The molecule has 3 heterocycles. The smallest absolute Gasteiger partial charge is 0.147 e. The fourth-order valence-electron chi connectivity index (χ4n) is 8.63. The van der Waals surface area contributed by atoms with E-state index in [1.54, 1.807) is 0 Å². The summed E-state index contributed by atoms with van der Waals surface area (Å²) in [6.07, 6.45) is 1.91. The third kappa shape index (κ3) is 4.66. The molecule has 0 aliphatic heterocycles. The fourth-order valence-corrected chi connectivity index (χ4v) is 8.63. The third-order valence-electron chi connectivity index (χ3n) is 11.3. The first-order valence-electron chi connectivity index (χ1n) is 18.9. The lowest BCUT2D eigenvalue weighted by Gasteiger charge is -2.11. The summed E-state index contributed by atoms with van der Waals surface area (Å²) in [5, 5.41) is 8.99. The van der Waals surface area contributed by atoms with Gasteiger partial charge in [-0.1, -0.05) is 146 Å². The van der Waals surface area contributed by atoms with Crippen LogP contribution >= 0.6 is 0 Å². The molecule has 56 heavy (non-hydrogen) atoms. The lowest BCUT2D eigenvalue weighted by atomic mass is 9.94. The summed E-state index contributed by atoms with van der Waals surface area (Å²) in [4.78, 5) is 10.2. The summed E-state index contributed by atoms with van der Waals surface area (Å²) in [6.45, 7) is 0. The molecule has 0 unspecified atom stereocenters. The predicted molar refractivity (Wildman–Crippen MR) is 231 cm³/mol. The van der Waals surface area contributed by atoms with E-state index in [9.17, 15) is 0 Å². The molecule has 0 bridgehead atoms. The maximum absolute atomic E-state index is 6.58. The van der Waals surface area contributed by atoms with Gasteiger partial charge in [0.25, 0.3) is 0 Å². The number of furan rings is 2. The van der Waals surface area contributed by atoms with Gasteiger partial charge in [0.05, 0.1) is 28.5 Å². The number of fused-ring (bicyclic) bond motifs is 12. The van der Waals surface area contributed by atoms with E-state index in [0.29, 0.717) is 0 Å². The number of para-hydroxylation sites is 2. The lowest BCUT2D eigenvalue weighted by molar-refractivity contribution is 0.658. The van der Waals surface area contributed by atoms with Crippen molar-refractivity contribution < 1.29 is 8.83 Å².